The van der Waals surface area contributed by atoms with Crippen LogP contribution in [0.15, 0.2) is 30.3 Å². The summed E-state index contributed by atoms with van der Waals surface area (Å²) in [7, 11) is 0. The molecule has 0 spiro atoms. The predicted molar refractivity (Wildman–Crippen MR) is 68.0 cm³/mol. The second-order valence-corrected chi connectivity index (χ2v) is 4.15. The van der Waals surface area contributed by atoms with Crippen LogP contribution in [0.4, 0.5) is 24.7 Å². The summed E-state index contributed by atoms with van der Waals surface area (Å²) in [5.41, 5.74) is 1.73. The van der Waals surface area contributed by atoms with Gasteiger partial charge in [-0.2, -0.15) is 9.37 Å². The van der Waals surface area contributed by atoms with E-state index in [9.17, 15) is 13.2 Å². The number of pyridine rings is 1. The third kappa shape index (κ3) is 2.70. The summed E-state index contributed by atoms with van der Waals surface area (Å²) in [4.78, 5) is 4.83. The van der Waals surface area contributed by atoms with Gasteiger partial charge in [-0.3, -0.25) is 0 Å². The second kappa shape index (κ2) is 5.30. The van der Waals surface area contributed by atoms with Crippen molar-refractivity contribution in [2.24, 2.45) is 0 Å². The highest BCUT2D eigenvalue weighted by molar-refractivity contribution is 5.60. The largest absolute Gasteiger partial charge is 0.324 e. The van der Waals surface area contributed by atoms with E-state index in [0.29, 0.717) is 18.3 Å². The number of benzene rings is 1. The fourth-order valence-electron chi connectivity index (χ4n) is 1.80. The summed E-state index contributed by atoms with van der Waals surface area (Å²) in [6, 6.07) is 7.78. The van der Waals surface area contributed by atoms with Crippen molar-refractivity contribution in [3.8, 4) is 0 Å². The topological polar surface area (TPSA) is 16.1 Å². The van der Waals surface area contributed by atoms with E-state index in [1.54, 1.807) is 19.1 Å². The molecule has 0 aliphatic heterocycles. The summed E-state index contributed by atoms with van der Waals surface area (Å²) in [5.74, 6) is -3.70. The molecule has 0 fully saturated rings. The first-order chi connectivity index (χ1) is 9.02. The number of halogens is 3. The van der Waals surface area contributed by atoms with Crippen LogP contribution in [0.25, 0.3) is 0 Å². The van der Waals surface area contributed by atoms with Crippen molar-refractivity contribution < 1.29 is 13.2 Å². The van der Waals surface area contributed by atoms with Crippen LogP contribution in [0.1, 0.15) is 12.5 Å². The molecule has 0 unspecified atom stereocenters. The molecular weight excluding hydrogens is 253 g/mol. The van der Waals surface area contributed by atoms with E-state index in [1.807, 2.05) is 19.1 Å². The Labute approximate surface area is 109 Å². The monoisotopic (exact) mass is 266 g/mol. The van der Waals surface area contributed by atoms with Crippen LogP contribution in [0.5, 0.6) is 0 Å². The van der Waals surface area contributed by atoms with Crippen molar-refractivity contribution in [3.63, 3.8) is 0 Å². The van der Waals surface area contributed by atoms with Gasteiger partial charge in [0.15, 0.2) is 17.5 Å². The molecule has 0 atom stereocenters. The molecule has 2 rings (SSSR count). The van der Waals surface area contributed by atoms with Crippen LogP contribution in [-0.2, 0) is 0 Å². The van der Waals surface area contributed by atoms with Crippen LogP contribution in [0.3, 0.4) is 0 Å². The third-order valence-corrected chi connectivity index (χ3v) is 2.79. The Morgan fingerprint density at radius 3 is 2.26 bits per heavy atom. The maximum Gasteiger partial charge on any atom is 0.251 e. The molecule has 0 N–H and O–H groups in total. The third-order valence-electron chi connectivity index (χ3n) is 2.79. The number of anilines is 2. The zero-order chi connectivity index (χ0) is 14.0. The number of aromatic nitrogens is 1. The number of hydrogen-bond acceptors (Lipinski definition) is 2. The smallest absolute Gasteiger partial charge is 0.251 e. The van der Waals surface area contributed by atoms with Gasteiger partial charge in [0.1, 0.15) is 0 Å². The lowest BCUT2D eigenvalue weighted by molar-refractivity contribution is 0.464. The average Bonchev–Trinajstić information content (AvgIpc) is 2.38. The second-order valence-electron chi connectivity index (χ2n) is 4.15. The molecule has 0 bridgehead atoms. The molecule has 1 aromatic heterocycles. The number of nitrogens with zero attached hydrogens (tertiary/aromatic N) is 2. The molecule has 1 aromatic carbocycles. The molecule has 0 aliphatic rings. The van der Waals surface area contributed by atoms with Gasteiger partial charge in [0, 0.05) is 18.3 Å². The summed E-state index contributed by atoms with van der Waals surface area (Å²) >= 11 is 0. The van der Waals surface area contributed by atoms with Crippen molar-refractivity contribution in [1.82, 2.24) is 4.98 Å². The zero-order valence-corrected chi connectivity index (χ0v) is 10.6. The Morgan fingerprint density at radius 1 is 1.05 bits per heavy atom. The molecule has 0 amide bonds. The molecule has 1 heterocycles. The van der Waals surface area contributed by atoms with Gasteiger partial charge in [-0.25, -0.2) is 8.78 Å². The highest BCUT2D eigenvalue weighted by atomic mass is 19.2. The van der Waals surface area contributed by atoms with Crippen molar-refractivity contribution in [3.05, 3.63) is 53.5 Å². The maximum absolute atomic E-state index is 13.7. The minimum Gasteiger partial charge on any atom is -0.324 e. The highest BCUT2D eigenvalue weighted by Crippen LogP contribution is 2.26. The fraction of sp³-hybridized carbons (Fsp3) is 0.214. The lowest BCUT2D eigenvalue weighted by atomic mass is 10.2. The van der Waals surface area contributed by atoms with Crippen LogP contribution in [-0.4, -0.2) is 11.5 Å². The minimum atomic E-state index is -1.30. The number of rotatable bonds is 3. The molecule has 5 heteroatoms. The van der Waals surface area contributed by atoms with Crippen molar-refractivity contribution in [2.75, 3.05) is 11.4 Å². The van der Waals surface area contributed by atoms with Crippen LogP contribution in [0.2, 0.25) is 0 Å². The van der Waals surface area contributed by atoms with Gasteiger partial charge < -0.3 is 4.90 Å². The van der Waals surface area contributed by atoms with Crippen LogP contribution in [0, 0.1) is 24.5 Å². The Hall–Kier alpha value is -2.04. The van der Waals surface area contributed by atoms with E-state index in [4.69, 9.17) is 0 Å². The van der Waals surface area contributed by atoms with Gasteiger partial charge in [0.05, 0.1) is 0 Å². The van der Waals surface area contributed by atoms with Gasteiger partial charge in [-0.15, -0.1) is 0 Å². The maximum atomic E-state index is 13.7. The van der Waals surface area contributed by atoms with E-state index in [1.165, 1.54) is 4.90 Å². The van der Waals surface area contributed by atoms with E-state index >= 15 is 0 Å². The van der Waals surface area contributed by atoms with Crippen molar-refractivity contribution in [1.29, 1.82) is 0 Å². The summed E-state index contributed by atoms with van der Waals surface area (Å²) in [6.07, 6.45) is 0. The van der Waals surface area contributed by atoms with E-state index < -0.39 is 17.6 Å². The average molecular weight is 266 g/mol. The van der Waals surface area contributed by atoms with E-state index in [-0.39, 0.29) is 5.82 Å². The first kappa shape index (κ1) is 13.4. The lowest BCUT2D eigenvalue weighted by Gasteiger charge is -2.22. The summed E-state index contributed by atoms with van der Waals surface area (Å²) < 4.78 is 39.8. The van der Waals surface area contributed by atoms with Gasteiger partial charge in [0.2, 0.25) is 0 Å². The molecular formula is C14H13F3N2. The quantitative estimate of drug-likeness (QED) is 0.781. The fourth-order valence-corrected chi connectivity index (χ4v) is 1.80. The number of hydrogen-bond donors (Lipinski definition) is 0. The van der Waals surface area contributed by atoms with Gasteiger partial charge in [-0.1, -0.05) is 17.7 Å². The van der Waals surface area contributed by atoms with Crippen molar-refractivity contribution >= 4 is 11.5 Å². The Kier molecular flexibility index (Phi) is 3.74. The minimum absolute atomic E-state index is 0.217. The van der Waals surface area contributed by atoms with E-state index in [2.05, 4.69) is 4.98 Å². The van der Waals surface area contributed by atoms with Crippen LogP contribution < -0.4 is 4.90 Å². The van der Waals surface area contributed by atoms with Crippen LogP contribution >= 0.6 is 0 Å². The van der Waals surface area contributed by atoms with E-state index in [0.717, 1.165) is 5.56 Å². The highest BCUT2D eigenvalue weighted by Gasteiger charge is 2.17. The Morgan fingerprint density at radius 2 is 1.68 bits per heavy atom. The van der Waals surface area contributed by atoms with Crippen molar-refractivity contribution in [2.45, 2.75) is 13.8 Å². The normalized spacial score (nSPS) is 10.6. The molecule has 0 saturated heterocycles. The molecule has 0 aliphatic carbocycles. The SMILES string of the molecule is CCN(c1ccc(C)cc1)c1nc(F)c(F)cc1F. The van der Waals surface area contributed by atoms with Gasteiger partial charge >= 0.3 is 0 Å². The first-order valence-corrected chi connectivity index (χ1v) is 5.88. The predicted octanol–water partition coefficient (Wildman–Crippen LogP) is 3.97. The molecule has 2 nitrogen and oxygen atoms in total. The summed E-state index contributed by atoms with van der Waals surface area (Å²) in [5, 5.41) is 0. The zero-order valence-electron chi connectivity index (χ0n) is 10.6. The number of aryl methyl sites for hydroxylation is 1. The molecule has 0 saturated carbocycles. The van der Waals surface area contributed by atoms with Gasteiger partial charge in [-0.05, 0) is 26.0 Å². The lowest BCUT2D eigenvalue weighted by Crippen LogP contribution is -2.19. The summed E-state index contributed by atoms with van der Waals surface area (Å²) in [6.45, 7) is 4.09. The Bertz CT molecular complexity index is 582. The Balaban J connectivity index is 2.47. The van der Waals surface area contributed by atoms with Gasteiger partial charge in [0.25, 0.3) is 5.95 Å². The molecule has 100 valence electrons. The first-order valence-electron chi connectivity index (χ1n) is 5.88. The molecule has 2 aromatic rings. The molecule has 19 heavy (non-hydrogen) atoms. The molecule has 0 radical (unpaired) electrons. The standard InChI is InChI=1S/C14H13F3N2/c1-3-19(10-6-4-9(2)5-7-10)14-12(16)8-11(15)13(17)18-14/h4-8H,3H2,1-2H3.